The molecule has 0 bridgehead atoms. The number of aromatic amines is 1. The molecule has 0 fully saturated rings. The summed E-state index contributed by atoms with van der Waals surface area (Å²) in [5.74, 6) is -0.344. The Balaban J connectivity index is 1.80. The van der Waals surface area contributed by atoms with Crippen LogP contribution in [0.2, 0.25) is 0 Å². The lowest BCUT2D eigenvalue weighted by Gasteiger charge is -2.13. The lowest BCUT2D eigenvalue weighted by atomic mass is 10.1. The van der Waals surface area contributed by atoms with Crippen LogP contribution >= 0.6 is 15.9 Å². The zero-order valence-electron chi connectivity index (χ0n) is 15.5. The second-order valence-electron chi connectivity index (χ2n) is 6.72. The van der Waals surface area contributed by atoms with Crippen LogP contribution in [0.1, 0.15) is 60.2 Å². The third-order valence-corrected chi connectivity index (χ3v) is 5.26. The number of carbonyl (C=O) groups excluding carboxylic acids is 1. The minimum Gasteiger partial charge on any atom is -0.344 e. The molecular weight excluding hydrogens is 413 g/mol. The van der Waals surface area contributed by atoms with Crippen molar-refractivity contribution in [2.24, 2.45) is 0 Å². The molecule has 27 heavy (non-hydrogen) atoms. The van der Waals surface area contributed by atoms with Gasteiger partial charge in [-0.1, -0.05) is 13.8 Å². The maximum absolute atomic E-state index is 13.1. The number of nitrogens with one attached hydrogen (secondary N) is 2. The number of hydrogen-bond donors (Lipinski definition) is 2. The van der Waals surface area contributed by atoms with E-state index >= 15 is 0 Å². The highest BCUT2D eigenvalue weighted by molar-refractivity contribution is 9.10. The number of carbonyl (C=O) groups is 1. The van der Waals surface area contributed by atoms with Crippen LogP contribution in [0.15, 0.2) is 34.9 Å². The highest BCUT2D eigenvalue weighted by atomic mass is 79.9. The summed E-state index contributed by atoms with van der Waals surface area (Å²) in [4.78, 5) is 12.6. The number of amides is 1. The zero-order valence-corrected chi connectivity index (χ0v) is 17.1. The average molecular weight is 434 g/mol. The van der Waals surface area contributed by atoms with Gasteiger partial charge in [0, 0.05) is 11.3 Å². The molecule has 3 rings (SSSR count). The zero-order chi connectivity index (χ0) is 19.7. The maximum Gasteiger partial charge on any atom is 0.273 e. The Labute approximate surface area is 165 Å². The third-order valence-electron chi connectivity index (χ3n) is 4.46. The summed E-state index contributed by atoms with van der Waals surface area (Å²) in [7, 11) is 0. The van der Waals surface area contributed by atoms with Crippen LogP contribution in [0.5, 0.6) is 0 Å². The molecule has 0 saturated heterocycles. The van der Waals surface area contributed by atoms with Crippen LogP contribution in [-0.4, -0.2) is 25.9 Å². The SMILES string of the molecule is Cc1c(C(C)NC(=O)c2n[nH]c(C(C)C)c2Br)cnn1-c1ccc(F)cc1. The fourth-order valence-electron chi connectivity index (χ4n) is 2.91. The van der Waals surface area contributed by atoms with Crippen LogP contribution in [0.3, 0.4) is 0 Å². The van der Waals surface area contributed by atoms with Gasteiger partial charge >= 0.3 is 0 Å². The summed E-state index contributed by atoms with van der Waals surface area (Å²) in [5.41, 5.74) is 3.72. The van der Waals surface area contributed by atoms with E-state index < -0.39 is 0 Å². The van der Waals surface area contributed by atoms with Crippen molar-refractivity contribution in [3.63, 3.8) is 0 Å². The summed E-state index contributed by atoms with van der Waals surface area (Å²) in [6.45, 7) is 7.85. The summed E-state index contributed by atoms with van der Waals surface area (Å²) >= 11 is 3.45. The summed E-state index contributed by atoms with van der Waals surface area (Å²) in [6, 6.07) is 5.84. The van der Waals surface area contributed by atoms with Crippen LogP contribution in [0.4, 0.5) is 4.39 Å². The van der Waals surface area contributed by atoms with Gasteiger partial charge in [-0.05, 0) is 60.0 Å². The molecule has 8 heteroatoms. The van der Waals surface area contributed by atoms with E-state index in [1.807, 2.05) is 27.7 Å². The molecule has 1 atom stereocenters. The minimum absolute atomic E-state index is 0.224. The second-order valence-corrected chi connectivity index (χ2v) is 7.52. The standard InChI is InChI=1S/C19H21BrFN5O/c1-10(2)17-16(20)18(25-24-17)19(27)23-11(3)15-9-22-26(12(15)4)14-7-5-13(21)6-8-14/h5-11H,1-4H3,(H,23,27)(H,24,25). The first-order valence-electron chi connectivity index (χ1n) is 8.64. The van der Waals surface area contributed by atoms with Gasteiger partial charge < -0.3 is 5.32 Å². The van der Waals surface area contributed by atoms with Gasteiger partial charge in [0.05, 0.1) is 28.1 Å². The lowest BCUT2D eigenvalue weighted by Crippen LogP contribution is -2.27. The smallest absolute Gasteiger partial charge is 0.273 e. The van der Waals surface area contributed by atoms with Gasteiger partial charge in [0.1, 0.15) is 5.82 Å². The first kappa shape index (κ1) is 19.3. The largest absolute Gasteiger partial charge is 0.344 e. The van der Waals surface area contributed by atoms with Crippen molar-refractivity contribution in [2.75, 3.05) is 0 Å². The van der Waals surface area contributed by atoms with Gasteiger partial charge in [-0.2, -0.15) is 10.2 Å². The topological polar surface area (TPSA) is 75.6 Å². The third kappa shape index (κ3) is 3.80. The number of nitrogens with zero attached hydrogens (tertiary/aromatic N) is 3. The predicted molar refractivity (Wildman–Crippen MR) is 105 cm³/mol. The van der Waals surface area contributed by atoms with Gasteiger partial charge in [-0.15, -0.1) is 0 Å². The van der Waals surface area contributed by atoms with Crippen molar-refractivity contribution in [3.8, 4) is 5.69 Å². The minimum atomic E-state index is -0.297. The van der Waals surface area contributed by atoms with Crippen molar-refractivity contribution in [1.29, 1.82) is 0 Å². The molecule has 6 nitrogen and oxygen atoms in total. The molecular formula is C19H21BrFN5O. The molecule has 0 radical (unpaired) electrons. The normalized spacial score (nSPS) is 12.4. The highest BCUT2D eigenvalue weighted by Crippen LogP contribution is 2.26. The summed E-state index contributed by atoms with van der Waals surface area (Å²) in [6.07, 6.45) is 1.71. The molecule has 0 spiro atoms. The first-order chi connectivity index (χ1) is 12.8. The Morgan fingerprint density at radius 1 is 1.26 bits per heavy atom. The molecule has 0 aliphatic rings. The Bertz CT molecular complexity index is 961. The fourth-order valence-corrected chi connectivity index (χ4v) is 3.72. The molecule has 0 aliphatic heterocycles. The van der Waals surface area contributed by atoms with Gasteiger partial charge in [0.25, 0.3) is 5.91 Å². The molecule has 142 valence electrons. The Kier molecular flexibility index (Phi) is 5.46. The second kappa shape index (κ2) is 7.64. The van der Waals surface area contributed by atoms with Gasteiger partial charge in [0.2, 0.25) is 0 Å². The van der Waals surface area contributed by atoms with Crippen LogP contribution in [-0.2, 0) is 0 Å². The molecule has 1 amide bonds. The Morgan fingerprint density at radius 2 is 1.93 bits per heavy atom. The van der Waals surface area contributed by atoms with E-state index in [-0.39, 0.29) is 23.7 Å². The van der Waals surface area contributed by atoms with Crippen molar-refractivity contribution in [2.45, 2.75) is 39.7 Å². The monoisotopic (exact) mass is 433 g/mol. The van der Waals surface area contributed by atoms with Crippen LogP contribution < -0.4 is 5.32 Å². The molecule has 3 aromatic rings. The highest BCUT2D eigenvalue weighted by Gasteiger charge is 2.22. The Morgan fingerprint density at radius 3 is 2.52 bits per heavy atom. The van der Waals surface area contributed by atoms with Crippen LogP contribution in [0, 0.1) is 12.7 Å². The molecule has 0 saturated carbocycles. The molecule has 2 N–H and O–H groups in total. The Hall–Kier alpha value is -2.48. The number of H-pyrrole nitrogens is 1. The van der Waals surface area contributed by atoms with E-state index in [1.165, 1.54) is 12.1 Å². The number of rotatable bonds is 5. The molecule has 1 aromatic carbocycles. The van der Waals surface area contributed by atoms with Gasteiger partial charge in [0.15, 0.2) is 5.69 Å². The molecule has 1 unspecified atom stereocenters. The van der Waals surface area contributed by atoms with E-state index in [9.17, 15) is 9.18 Å². The fraction of sp³-hybridized carbons (Fsp3) is 0.316. The van der Waals surface area contributed by atoms with Gasteiger partial charge in [-0.25, -0.2) is 9.07 Å². The number of benzene rings is 1. The van der Waals surface area contributed by atoms with E-state index in [0.717, 1.165) is 22.6 Å². The van der Waals surface area contributed by atoms with Crippen molar-refractivity contribution < 1.29 is 9.18 Å². The number of aromatic nitrogens is 4. The summed E-state index contributed by atoms with van der Waals surface area (Å²) in [5, 5.41) is 14.4. The van der Waals surface area contributed by atoms with Crippen molar-refractivity contribution in [3.05, 3.63) is 63.4 Å². The molecule has 2 aromatic heterocycles. The quantitative estimate of drug-likeness (QED) is 0.624. The van der Waals surface area contributed by atoms with E-state index in [0.29, 0.717) is 10.2 Å². The first-order valence-corrected chi connectivity index (χ1v) is 9.44. The maximum atomic E-state index is 13.1. The van der Waals surface area contributed by atoms with Crippen molar-refractivity contribution >= 4 is 21.8 Å². The van der Waals surface area contributed by atoms with Gasteiger partial charge in [-0.3, -0.25) is 9.89 Å². The average Bonchev–Trinajstić information content (AvgIpc) is 3.18. The lowest BCUT2D eigenvalue weighted by molar-refractivity contribution is 0.0934. The van der Waals surface area contributed by atoms with E-state index in [2.05, 4.69) is 36.5 Å². The van der Waals surface area contributed by atoms with Crippen molar-refractivity contribution in [1.82, 2.24) is 25.3 Å². The van der Waals surface area contributed by atoms with E-state index in [1.54, 1.807) is 23.0 Å². The predicted octanol–water partition coefficient (Wildman–Crippen LogP) is 4.42. The molecule has 2 heterocycles. The van der Waals surface area contributed by atoms with E-state index in [4.69, 9.17) is 0 Å². The summed E-state index contributed by atoms with van der Waals surface area (Å²) < 4.78 is 15.5. The number of hydrogen-bond acceptors (Lipinski definition) is 3. The van der Waals surface area contributed by atoms with Crippen LogP contribution in [0.25, 0.3) is 5.69 Å². The molecule has 0 aliphatic carbocycles. The number of halogens is 2.